The SMILES string of the molecule is O=C(O)C1CCN(c2ncnc(Nc3ccc(N=Nc4ccccc4)cc3)c2[N+](=O)[O-])CC1. The van der Waals surface area contributed by atoms with Crippen molar-refractivity contribution in [2.75, 3.05) is 23.3 Å². The first-order chi connectivity index (χ1) is 16.0. The zero-order chi connectivity index (χ0) is 23.2. The van der Waals surface area contributed by atoms with Gasteiger partial charge in [0.1, 0.15) is 6.33 Å². The Morgan fingerprint density at radius 3 is 2.27 bits per heavy atom. The molecule has 2 N–H and O–H groups in total. The van der Waals surface area contributed by atoms with Gasteiger partial charge in [-0.1, -0.05) is 18.2 Å². The minimum absolute atomic E-state index is 0.0593. The van der Waals surface area contributed by atoms with E-state index in [9.17, 15) is 20.0 Å². The second kappa shape index (κ2) is 9.81. The third kappa shape index (κ3) is 5.26. The van der Waals surface area contributed by atoms with Crippen LogP contribution in [0.25, 0.3) is 0 Å². The van der Waals surface area contributed by atoms with Gasteiger partial charge < -0.3 is 15.3 Å². The molecule has 1 aliphatic heterocycles. The molecule has 0 unspecified atom stereocenters. The molecular formula is C22H21N7O4. The van der Waals surface area contributed by atoms with E-state index in [1.165, 1.54) is 6.33 Å². The Morgan fingerprint density at radius 2 is 1.67 bits per heavy atom. The Hall–Kier alpha value is -4.41. The van der Waals surface area contributed by atoms with Crippen molar-refractivity contribution >= 4 is 40.4 Å². The summed E-state index contributed by atoms with van der Waals surface area (Å²) in [6, 6.07) is 16.3. The first-order valence-electron chi connectivity index (χ1n) is 10.3. The average molecular weight is 447 g/mol. The van der Waals surface area contributed by atoms with Crippen LogP contribution in [0.2, 0.25) is 0 Å². The van der Waals surface area contributed by atoms with Crippen LogP contribution in [0.4, 0.5) is 34.4 Å². The molecule has 4 rings (SSSR count). The van der Waals surface area contributed by atoms with Crippen LogP contribution in [0, 0.1) is 16.0 Å². The van der Waals surface area contributed by atoms with Gasteiger partial charge in [-0.15, -0.1) is 0 Å². The summed E-state index contributed by atoms with van der Waals surface area (Å²) in [5.74, 6) is -1.06. The number of aromatic nitrogens is 2. The minimum atomic E-state index is -0.846. The van der Waals surface area contributed by atoms with E-state index >= 15 is 0 Å². The summed E-state index contributed by atoms with van der Waals surface area (Å²) in [5.41, 5.74) is 1.70. The smallest absolute Gasteiger partial charge is 0.353 e. The molecule has 0 spiro atoms. The fourth-order valence-electron chi connectivity index (χ4n) is 3.56. The summed E-state index contributed by atoms with van der Waals surface area (Å²) >= 11 is 0. The standard InChI is InChI=1S/C22H21N7O4/c30-22(31)15-10-12-28(13-11-15)21-19(29(32)33)20(23-14-24-21)25-16-6-8-18(9-7-16)27-26-17-4-2-1-3-5-17/h1-9,14-15H,10-13H2,(H,30,31)(H,23,24,25). The molecule has 1 aromatic heterocycles. The van der Waals surface area contributed by atoms with Crippen molar-refractivity contribution in [2.45, 2.75) is 12.8 Å². The molecule has 1 aliphatic rings. The minimum Gasteiger partial charge on any atom is -0.481 e. The third-order valence-corrected chi connectivity index (χ3v) is 5.30. The molecule has 0 amide bonds. The number of benzene rings is 2. The van der Waals surface area contributed by atoms with Crippen LogP contribution in [0.1, 0.15) is 12.8 Å². The second-order valence-electron chi connectivity index (χ2n) is 7.46. The van der Waals surface area contributed by atoms with E-state index in [4.69, 9.17) is 0 Å². The Kier molecular flexibility index (Phi) is 6.48. The number of piperidine rings is 1. The molecule has 2 heterocycles. The van der Waals surface area contributed by atoms with E-state index in [2.05, 4.69) is 25.5 Å². The summed E-state index contributed by atoms with van der Waals surface area (Å²) in [6.45, 7) is 0.741. The molecule has 0 bridgehead atoms. The predicted octanol–water partition coefficient (Wildman–Crippen LogP) is 4.84. The molecule has 0 saturated carbocycles. The zero-order valence-electron chi connectivity index (χ0n) is 17.5. The molecule has 11 heteroatoms. The van der Waals surface area contributed by atoms with E-state index in [1.807, 2.05) is 30.3 Å². The number of nitrogens with one attached hydrogen (secondary N) is 1. The van der Waals surface area contributed by atoms with Gasteiger partial charge in [-0.25, -0.2) is 9.97 Å². The lowest BCUT2D eigenvalue weighted by atomic mass is 9.97. The van der Waals surface area contributed by atoms with Gasteiger partial charge in [0.2, 0.25) is 11.6 Å². The fraction of sp³-hybridized carbons (Fsp3) is 0.227. The van der Waals surface area contributed by atoms with Gasteiger partial charge in [0.15, 0.2) is 0 Å². The van der Waals surface area contributed by atoms with Gasteiger partial charge in [0, 0.05) is 18.8 Å². The predicted molar refractivity (Wildman–Crippen MR) is 122 cm³/mol. The van der Waals surface area contributed by atoms with E-state index in [0.717, 1.165) is 5.69 Å². The Morgan fingerprint density at radius 1 is 1.03 bits per heavy atom. The first kappa shape index (κ1) is 21.8. The van der Waals surface area contributed by atoms with Crippen molar-refractivity contribution in [1.82, 2.24) is 9.97 Å². The second-order valence-corrected chi connectivity index (χ2v) is 7.46. The van der Waals surface area contributed by atoms with Crippen LogP contribution in [0.15, 0.2) is 71.2 Å². The van der Waals surface area contributed by atoms with Crippen molar-refractivity contribution < 1.29 is 14.8 Å². The fourth-order valence-corrected chi connectivity index (χ4v) is 3.56. The molecule has 0 atom stereocenters. The normalized spacial score (nSPS) is 14.4. The molecule has 0 aliphatic carbocycles. The van der Waals surface area contributed by atoms with Crippen LogP contribution in [0.5, 0.6) is 0 Å². The van der Waals surface area contributed by atoms with Gasteiger partial charge in [-0.2, -0.15) is 10.2 Å². The quantitative estimate of drug-likeness (QED) is 0.297. The summed E-state index contributed by atoms with van der Waals surface area (Å²) in [5, 5.41) is 32.4. The van der Waals surface area contributed by atoms with Crippen LogP contribution in [-0.4, -0.2) is 39.1 Å². The average Bonchev–Trinajstić information content (AvgIpc) is 2.84. The molecule has 11 nitrogen and oxygen atoms in total. The topological polar surface area (TPSA) is 146 Å². The molecule has 1 fully saturated rings. The third-order valence-electron chi connectivity index (χ3n) is 5.30. The molecule has 2 aromatic carbocycles. The highest BCUT2D eigenvalue weighted by Gasteiger charge is 2.31. The highest BCUT2D eigenvalue weighted by atomic mass is 16.6. The van der Waals surface area contributed by atoms with E-state index in [0.29, 0.717) is 37.3 Å². The van der Waals surface area contributed by atoms with Crippen molar-refractivity contribution in [3.8, 4) is 0 Å². The number of carboxylic acids is 1. The van der Waals surface area contributed by atoms with Crippen LogP contribution >= 0.6 is 0 Å². The van der Waals surface area contributed by atoms with E-state index < -0.39 is 16.8 Å². The molecule has 1 saturated heterocycles. The number of azo groups is 1. The lowest BCUT2D eigenvalue weighted by molar-refractivity contribution is -0.383. The van der Waals surface area contributed by atoms with Crippen molar-refractivity contribution in [3.05, 3.63) is 71.0 Å². The number of anilines is 3. The van der Waals surface area contributed by atoms with Gasteiger partial charge in [0.25, 0.3) is 0 Å². The number of nitro groups is 1. The number of nitrogens with zero attached hydrogens (tertiary/aromatic N) is 6. The maximum absolute atomic E-state index is 11.9. The highest BCUT2D eigenvalue weighted by molar-refractivity contribution is 5.75. The first-order valence-corrected chi connectivity index (χ1v) is 10.3. The lowest BCUT2D eigenvalue weighted by Crippen LogP contribution is -2.37. The number of carboxylic acid groups (broad SMARTS) is 1. The van der Waals surface area contributed by atoms with Crippen molar-refractivity contribution in [1.29, 1.82) is 0 Å². The monoisotopic (exact) mass is 447 g/mol. The van der Waals surface area contributed by atoms with E-state index in [1.54, 1.807) is 29.2 Å². The Labute approximate surface area is 189 Å². The van der Waals surface area contributed by atoms with Gasteiger partial charge in [-0.3, -0.25) is 14.9 Å². The van der Waals surface area contributed by atoms with Crippen LogP contribution in [-0.2, 0) is 4.79 Å². The molecular weight excluding hydrogens is 426 g/mol. The summed E-state index contributed by atoms with van der Waals surface area (Å²) in [7, 11) is 0. The lowest BCUT2D eigenvalue weighted by Gasteiger charge is -2.30. The Balaban J connectivity index is 1.51. The van der Waals surface area contributed by atoms with Gasteiger partial charge >= 0.3 is 11.7 Å². The number of rotatable bonds is 7. The molecule has 33 heavy (non-hydrogen) atoms. The summed E-state index contributed by atoms with van der Waals surface area (Å²) in [4.78, 5) is 32.4. The number of hydrogen-bond acceptors (Lipinski definition) is 9. The largest absolute Gasteiger partial charge is 0.481 e. The number of hydrogen-bond donors (Lipinski definition) is 2. The van der Waals surface area contributed by atoms with Crippen molar-refractivity contribution in [2.24, 2.45) is 16.1 Å². The van der Waals surface area contributed by atoms with Gasteiger partial charge in [0.05, 0.1) is 22.2 Å². The van der Waals surface area contributed by atoms with Crippen molar-refractivity contribution in [3.63, 3.8) is 0 Å². The molecule has 3 aromatic rings. The highest BCUT2D eigenvalue weighted by Crippen LogP contribution is 2.35. The van der Waals surface area contributed by atoms with Crippen LogP contribution in [0.3, 0.4) is 0 Å². The molecule has 0 radical (unpaired) electrons. The van der Waals surface area contributed by atoms with Gasteiger partial charge in [-0.05, 0) is 49.2 Å². The maximum Gasteiger partial charge on any atom is 0.353 e. The number of carbonyl (C=O) groups is 1. The van der Waals surface area contributed by atoms with Crippen LogP contribution < -0.4 is 10.2 Å². The Bertz CT molecular complexity index is 1160. The summed E-state index contributed by atoms with van der Waals surface area (Å²) in [6.07, 6.45) is 2.06. The van der Waals surface area contributed by atoms with E-state index in [-0.39, 0.29) is 17.3 Å². The number of aliphatic carboxylic acids is 1. The summed E-state index contributed by atoms with van der Waals surface area (Å²) < 4.78 is 0. The zero-order valence-corrected chi connectivity index (χ0v) is 17.5. The molecule has 168 valence electrons. The maximum atomic E-state index is 11.9.